The standard InChI is InChI=1S/C19H21N3S2/c1-11(2)14-5-7-15(8-6-14)20-18(23)22-19-21-16-9-12(3)13(4)10-17(16)24-19/h5-11H,1-4H3,(H2,20,21,22,23). The van der Waals surface area contributed by atoms with Crippen LogP contribution in [0.25, 0.3) is 10.2 Å². The normalized spacial score (nSPS) is 11.0. The Kier molecular flexibility index (Phi) is 4.83. The van der Waals surface area contributed by atoms with Gasteiger partial charge in [0.05, 0.1) is 10.2 Å². The van der Waals surface area contributed by atoms with Crippen LogP contribution in [0.4, 0.5) is 10.8 Å². The first kappa shape index (κ1) is 16.9. The summed E-state index contributed by atoms with van der Waals surface area (Å²) in [5.41, 5.74) is 5.84. The van der Waals surface area contributed by atoms with E-state index < -0.39 is 0 Å². The summed E-state index contributed by atoms with van der Waals surface area (Å²) < 4.78 is 1.17. The summed E-state index contributed by atoms with van der Waals surface area (Å²) in [5, 5.41) is 7.76. The fourth-order valence-electron chi connectivity index (χ4n) is 2.44. The van der Waals surface area contributed by atoms with Crippen LogP contribution in [0.1, 0.15) is 36.5 Å². The van der Waals surface area contributed by atoms with Crippen molar-refractivity contribution in [2.45, 2.75) is 33.6 Å². The van der Waals surface area contributed by atoms with Crippen molar-refractivity contribution in [1.29, 1.82) is 0 Å². The minimum Gasteiger partial charge on any atom is -0.332 e. The molecule has 0 aliphatic heterocycles. The molecule has 0 saturated heterocycles. The first-order valence-electron chi connectivity index (χ1n) is 7.98. The third-order valence-electron chi connectivity index (χ3n) is 4.06. The highest BCUT2D eigenvalue weighted by molar-refractivity contribution is 7.80. The van der Waals surface area contributed by atoms with Gasteiger partial charge >= 0.3 is 0 Å². The second-order valence-corrected chi connectivity index (χ2v) is 7.72. The van der Waals surface area contributed by atoms with Crippen molar-refractivity contribution in [2.24, 2.45) is 0 Å². The molecule has 5 heteroatoms. The summed E-state index contributed by atoms with van der Waals surface area (Å²) in [7, 11) is 0. The molecule has 3 rings (SSSR count). The Balaban J connectivity index is 1.70. The van der Waals surface area contributed by atoms with Crippen LogP contribution >= 0.6 is 23.6 Å². The highest BCUT2D eigenvalue weighted by Gasteiger charge is 2.07. The van der Waals surface area contributed by atoms with Crippen LogP contribution in [-0.2, 0) is 0 Å². The number of nitrogens with one attached hydrogen (secondary N) is 2. The van der Waals surface area contributed by atoms with Crippen LogP contribution in [0.15, 0.2) is 36.4 Å². The number of aryl methyl sites for hydroxylation is 2. The van der Waals surface area contributed by atoms with E-state index in [2.05, 4.69) is 67.6 Å². The molecule has 0 spiro atoms. The lowest BCUT2D eigenvalue weighted by atomic mass is 10.0. The molecule has 0 saturated carbocycles. The first-order valence-corrected chi connectivity index (χ1v) is 9.20. The number of nitrogens with zero attached hydrogens (tertiary/aromatic N) is 1. The van der Waals surface area contributed by atoms with Crippen LogP contribution in [0.5, 0.6) is 0 Å². The Hall–Kier alpha value is -1.98. The average molecular weight is 356 g/mol. The molecule has 0 aliphatic carbocycles. The van der Waals surface area contributed by atoms with Gasteiger partial charge in [0.1, 0.15) is 0 Å². The van der Waals surface area contributed by atoms with E-state index in [1.165, 1.54) is 21.4 Å². The Morgan fingerprint density at radius 3 is 2.38 bits per heavy atom. The predicted molar refractivity (Wildman–Crippen MR) is 109 cm³/mol. The average Bonchev–Trinajstić information content (AvgIpc) is 2.89. The number of benzene rings is 2. The van der Waals surface area contributed by atoms with Gasteiger partial charge in [-0.15, -0.1) is 0 Å². The second kappa shape index (κ2) is 6.87. The van der Waals surface area contributed by atoms with E-state index in [1.54, 1.807) is 11.3 Å². The Labute approximate surface area is 152 Å². The molecule has 0 unspecified atom stereocenters. The smallest absolute Gasteiger partial charge is 0.190 e. The van der Waals surface area contributed by atoms with Crippen LogP contribution in [0.3, 0.4) is 0 Å². The Bertz CT molecular complexity index is 841. The van der Waals surface area contributed by atoms with Crippen molar-refractivity contribution in [2.75, 3.05) is 10.6 Å². The molecule has 2 aromatic carbocycles. The van der Waals surface area contributed by atoms with Crippen molar-refractivity contribution in [3.8, 4) is 0 Å². The zero-order valence-corrected chi connectivity index (χ0v) is 15.9. The monoisotopic (exact) mass is 355 g/mol. The molecule has 0 radical (unpaired) electrons. The lowest BCUT2D eigenvalue weighted by Gasteiger charge is -2.10. The van der Waals surface area contributed by atoms with E-state index >= 15 is 0 Å². The second-order valence-electron chi connectivity index (χ2n) is 6.28. The van der Waals surface area contributed by atoms with E-state index in [-0.39, 0.29) is 0 Å². The zero-order valence-electron chi connectivity index (χ0n) is 14.3. The molecule has 1 heterocycles. The number of hydrogen-bond acceptors (Lipinski definition) is 3. The lowest BCUT2D eigenvalue weighted by molar-refractivity contribution is 0.867. The summed E-state index contributed by atoms with van der Waals surface area (Å²) in [6.07, 6.45) is 0. The highest BCUT2D eigenvalue weighted by Crippen LogP contribution is 2.28. The quantitative estimate of drug-likeness (QED) is 0.578. The van der Waals surface area contributed by atoms with E-state index in [4.69, 9.17) is 12.2 Å². The van der Waals surface area contributed by atoms with Crippen molar-refractivity contribution in [3.63, 3.8) is 0 Å². The van der Waals surface area contributed by atoms with Gasteiger partial charge in [-0.2, -0.15) is 0 Å². The van der Waals surface area contributed by atoms with E-state index in [9.17, 15) is 0 Å². The van der Waals surface area contributed by atoms with Gasteiger partial charge in [-0.05, 0) is 72.9 Å². The maximum Gasteiger partial charge on any atom is 0.190 e. The van der Waals surface area contributed by atoms with Gasteiger partial charge in [-0.3, -0.25) is 0 Å². The van der Waals surface area contributed by atoms with Crippen LogP contribution in [0.2, 0.25) is 0 Å². The number of thiazole rings is 1. The summed E-state index contributed by atoms with van der Waals surface area (Å²) in [5.74, 6) is 0.527. The summed E-state index contributed by atoms with van der Waals surface area (Å²) in [6.45, 7) is 8.60. The summed E-state index contributed by atoms with van der Waals surface area (Å²) in [6, 6.07) is 12.6. The number of thiocarbonyl (C=S) groups is 1. The first-order chi connectivity index (χ1) is 11.4. The van der Waals surface area contributed by atoms with E-state index in [0.717, 1.165) is 16.3 Å². The molecule has 0 amide bonds. The maximum absolute atomic E-state index is 5.40. The molecule has 0 atom stereocenters. The number of fused-ring (bicyclic) bond motifs is 1. The predicted octanol–water partition coefficient (Wildman–Crippen LogP) is 5.85. The lowest BCUT2D eigenvalue weighted by Crippen LogP contribution is -2.18. The van der Waals surface area contributed by atoms with E-state index in [0.29, 0.717) is 11.0 Å². The Morgan fingerprint density at radius 2 is 1.71 bits per heavy atom. The molecule has 0 bridgehead atoms. The molecular formula is C19H21N3S2. The number of anilines is 2. The van der Waals surface area contributed by atoms with E-state index in [1.807, 2.05) is 12.1 Å². The van der Waals surface area contributed by atoms with Crippen molar-refractivity contribution in [3.05, 3.63) is 53.1 Å². The molecule has 124 valence electrons. The molecule has 0 fully saturated rings. The molecule has 0 aliphatic rings. The molecule has 2 N–H and O–H groups in total. The largest absolute Gasteiger partial charge is 0.332 e. The van der Waals surface area contributed by atoms with Crippen molar-refractivity contribution >= 4 is 49.7 Å². The third-order valence-corrected chi connectivity index (χ3v) is 5.20. The number of rotatable bonds is 3. The summed E-state index contributed by atoms with van der Waals surface area (Å²) in [4.78, 5) is 4.61. The molecule has 3 nitrogen and oxygen atoms in total. The number of aromatic nitrogens is 1. The fraction of sp³-hybridized carbons (Fsp3) is 0.263. The van der Waals surface area contributed by atoms with Gasteiger partial charge in [-0.1, -0.05) is 37.3 Å². The van der Waals surface area contributed by atoms with Crippen molar-refractivity contribution < 1.29 is 0 Å². The fourth-order valence-corrected chi connectivity index (χ4v) is 3.67. The highest BCUT2D eigenvalue weighted by atomic mass is 32.1. The van der Waals surface area contributed by atoms with Gasteiger partial charge in [0.25, 0.3) is 0 Å². The van der Waals surface area contributed by atoms with Gasteiger partial charge in [0.15, 0.2) is 10.2 Å². The molecule has 24 heavy (non-hydrogen) atoms. The molecule has 3 aromatic rings. The number of hydrogen-bond donors (Lipinski definition) is 2. The van der Waals surface area contributed by atoms with Crippen LogP contribution in [-0.4, -0.2) is 10.1 Å². The Morgan fingerprint density at radius 1 is 1.04 bits per heavy atom. The van der Waals surface area contributed by atoms with Gasteiger partial charge in [0, 0.05) is 5.69 Å². The van der Waals surface area contributed by atoms with Gasteiger partial charge in [0.2, 0.25) is 0 Å². The third kappa shape index (κ3) is 3.74. The molecule has 1 aromatic heterocycles. The minimum atomic E-state index is 0.527. The van der Waals surface area contributed by atoms with Gasteiger partial charge < -0.3 is 10.6 Å². The zero-order chi connectivity index (χ0) is 17.3. The van der Waals surface area contributed by atoms with Crippen LogP contribution < -0.4 is 10.6 Å². The van der Waals surface area contributed by atoms with Crippen molar-refractivity contribution in [1.82, 2.24) is 4.98 Å². The van der Waals surface area contributed by atoms with Crippen LogP contribution in [0, 0.1) is 13.8 Å². The topological polar surface area (TPSA) is 37.0 Å². The molecular weight excluding hydrogens is 334 g/mol. The summed E-state index contributed by atoms with van der Waals surface area (Å²) >= 11 is 7.02. The van der Waals surface area contributed by atoms with Gasteiger partial charge in [-0.25, -0.2) is 4.98 Å². The SMILES string of the molecule is Cc1cc2nc(NC(=S)Nc3ccc(C(C)C)cc3)sc2cc1C. The minimum absolute atomic E-state index is 0.527. The maximum atomic E-state index is 5.40.